The summed E-state index contributed by atoms with van der Waals surface area (Å²) in [5.41, 5.74) is 0. The van der Waals surface area contributed by atoms with Gasteiger partial charge in [-0.1, -0.05) is 95.9 Å². The van der Waals surface area contributed by atoms with Gasteiger partial charge in [-0.2, -0.15) is 0 Å². The summed E-state index contributed by atoms with van der Waals surface area (Å²) in [7, 11) is 0. The van der Waals surface area contributed by atoms with Crippen molar-refractivity contribution < 1.29 is 0 Å². The molecule has 1 saturated carbocycles. The van der Waals surface area contributed by atoms with Gasteiger partial charge in [-0.15, -0.1) is 0 Å². The molecular weight excluding hydrogens is 240 g/mol. The van der Waals surface area contributed by atoms with Crippen molar-refractivity contribution in [2.75, 3.05) is 0 Å². The van der Waals surface area contributed by atoms with E-state index in [4.69, 9.17) is 0 Å². The Labute approximate surface area is 127 Å². The predicted octanol–water partition coefficient (Wildman–Crippen LogP) is 7.07. The summed E-state index contributed by atoms with van der Waals surface area (Å²) < 4.78 is 0. The highest BCUT2D eigenvalue weighted by Gasteiger charge is 2.19. The Morgan fingerprint density at radius 1 is 0.700 bits per heavy atom. The number of rotatable bonds is 10. The highest BCUT2D eigenvalue weighted by molar-refractivity contribution is 5.02. The average Bonchev–Trinajstić information content (AvgIpc) is 2.48. The van der Waals surface area contributed by atoms with Crippen molar-refractivity contribution in [2.45, 2.75) is 90.9 Å². The lowest BCUT2D eigenvalue weighted by atomic mass is 9.78. The van der Waals surface area contributed by atoms with E-state index in [1.807, 2.05) is 0 Å². The van der Waals surface area contributed by atoms with Crippen LogP contribution < -0.4 is 0 Å². The van der Waals surface area contributed by atoms with Gasteiger partial charge in [0.15, 0.2) is 0 Å². The van der Waals surface area contributed by atoms with E-state index in [9.17, 15) is 0 Å². The van der Waals surface area contributed by atoms with Crippen molar-refractivity contribution >= 4 is 0 Å². The summed E-state index contributed by atoms with van der Waals surface area (Å²) in [6, 6.07) is 0. The molecular formula is C20H36. The second-order valence-corrected chi connectivity index (χ2v) is 6.60. The molecule has 0 nitrogen and oxygen atoms in total. The SMILES string of the molecule is CCCC=C/C=C/CCC1CCC(CCCCC)CC1. The zero-order valence-electron chi connectivity index (χ0n) is 13.9. The third kappa shape index (κ3) is 8.61. The van der Waals surface area contributed by atoms with Crippen LogP contribution in [0, 0.1) is 11.8 Å². The van der Waals surface area contributed by atoms with Crippen LogP contribution in [0.1, 0.15) is 90.9 Å². The van der Waals surface area contributed by atoms with E-state index in [-0.39, 0.29) is 0 Å². The Bertz CT molecular complexity index is 253. The van der Waals surface area contributed by atoms with Gasteiger partial charge in [0.1, 0.15) is 0 Å². The molecule has 0 saturated heterocycles. The maximum atomic E-state index is 2.36. The van der Waals surface area contributed by atoms with Crippen LogP contribution in [0.5, 0.6) is 0 Å². The zero-order chi connectivity index (χ0) is 14.5. The lowest BCUT2D eigenvalue weighted by molar-refractivity contribution is 0.250. The normalized spacial score (nSPS) is 23.9. The van der Waals surface area contributed by atoms with Gasteiger partial charge >= 0.3 is 0 Å². The molecule has 0 heteroatoms. The molecule has 1 rings (SSSR count). The van der Waals surface area contributed by atoms with Crippen molar-refractivity contribution in [1.29, 1.82) is 0 Å². The minimum Gasteiger partial charge on any atom is -0.0846 e. The lowest BCUT2D eigenvalue weighted by Gasteiger charge is -2.28. The van der Waals surface area contributed by atoms with Gasteiger partial charge in [-0.05, 0) is 31.1 Å². The molecule has 0 aliphatic heterocycles. The topological polar surface area (TPSA) is 0 Å². The molecule has 1 aliphatic carbocycles. The molecule has 1 fully saturated rings. The summed E-state index contributed by atoms with van der Waals surface area (Å²) in [6.45, 7) is 4.54. The van der Waals surface area contributed by atoms with E-state index in [0.29, 0.717) is 0 Å². The molecule has 0 amide bonds. The van der Waals surface area contributed by atoms with E-state index in [0.717, 1.165) is 11.8 Å². The van der Waals surface area contributed by atoms with Crippen molar-refractivity contribution in [3.8, 4) is 0 Å². The van der Waals surface area contributed by atoms with Crippen LogP contribution in [0.4, 0.5) is 0 Å². The van der Waals surface area contributed by atoms with Gasteiger partial charge < -0.3 is 0 Å². The van der Waals surface area contributed by atoms with Gasteiger partial charge in [0, 0.05) is 0 Å². The number of hydrogen-bond donors (Lipinski definition) is 0. The first-order chi connectivity index (χ1) is 9.86. The third-order valence-electron chi connectivity index (χ3n) is 4.76. The van der Waals surface area contributed by atoms with Crippen LogP contribution in [-0.4, -0.2) is 0 Å². The quantitative estimate of drug-likeness (QED) is 0.296. The lowest BCUT2D eigenvalue weighted by Crippen LogP contribution is -2.14. The van der Waals surface area contributed by atoms with E-state index in [1.165, 1.54) is 77.0 Å². The van der Waals surface area contributed by atoms with Crippen molar-refractivity contribution in [1.82, 2.24) is 0 Å². The molecule has 0 N–H and O–H groups in total. The number of hydrogen-bond acceptors (Lipinski definition) is 0. The summed E-state index contributed by atoms with van der Waals surface area (Å²) in [4.78, 5) is 0. The fourth-order valence-electron chi connectivity index (χ4n) is 3.34. The van der Waals surface area contributed by atoms with Crippen molar-refractivity contribution in [3.05, 3.63) is 24.3 Å². The smallest absolute Gasteiger partial charge is 0.0345 e. The van der Waals surface area contributed by atoms with Crippen LogP contribution in [0.15, 0.2) is 24.3 Å². The molecule has 0 radical (unpaired) electrons. The molecule has 116 valence electrons. The molecule has 1 aliphatic rings. The first kappa shape index (κ1) is 17.5. The zero-order valence-corrected chi connectivity index (χ0v) is 13.9. The van der Waals surface area contributed by atoms with E-state index >= 15 is 0 Å². The first-order valence-corrected chi connectivity index (χ1v) is 9.18. The van der Waals surface area contributed by atoms with Crippen LogP contribution >= 0.6 is 0 Å². The van der Waals surface area contributed by atoms with Crippen LogP contribution in [-0.2, 0) is 0 Å². The highest BCUT2D eigenvalue weighted by Crippen LogP contribution is 2.34. The van der Waals surface area contributed by atoms with Crippen LogP contribution in [0.25, 0.3) is 0 Å². The van der Waals surface area contributed by atoms with E-state index in [2.05, 4.69) is 38.2 Å². The van der Waals surface area contributed by atoms with E-state index in [1.54, 1.807) is 0 Å². The van der Waals surface area contributed by atoms with E-state index < -0.39 is 0 Å². The maximum Gasteiger partial charge on any atom is -0.0345 e. The Kier molecular flexibility index (Phi) is 10.7. The Hall–Kier alpha value is -0.520. The third-order valence-corrected chi connectivity index (χ3v) is 4.76. The predicted molar refractivity (Wildman–Crippen MR) is 92.0 cm³/mol. The van der Waals surface area contributed by atoms with Gasteiger partial charge in [0.25, 0.3) is 0 Å². The Morgan fingerprint density at radius 3 is 1.90 bits per heavy atom. The summed E-state index contributed by atoms with van der Waals surface area (Å²) in [5, 5.41) is 0. The van der Waals surface area contributed by atoms with Crippen molar-refractivity contribution in [3.63, 3.8) is 0 Å². The maximum absolute atomic E-state index is 2.36. The molecule has 0 aromatic carbocycles. The van der Waals surface area contributed by atoms with Gasteiger partial charge in [0.2, 0.25) is 0 Å². The molecule has 0 unspecified atom stereocenters. The number of allylic oxidation sites excluding steroid dienone is 4. The average molecular weight is 277 g/mol. The minimum absolute atomic E-state index is 1.02. The molecule has 0 spiro atoms. The molecule has 0 heterocycles. The van der Waals surface area contributed by atoms with Gasteiger partial charge in [-0.3, -0.25) is 0 Å². The Balaban J connectivity index is 2.02. The fourth-order valence-corrected chi connectivity index (χ4v) is 3.34. The molecule has 0 aromatic rings. The minimum atomic E-state index is 1.02. The van der Waals surface area contributed by atoms with Crippen molar-refractivity contribution in [2.24, 2.45) is 11.8 Å². The van der Waals surface area contributed by atoms with Gasteiger partial charge in [-0.25, -0.2) is 0 Å². The largest absolute Gasteiger partial charge is 0.0846 e. The molecule has 0 bridgehead atoms. The second kappa shape index (κ2) is 12.2. The van der Waals surface area contributed by atoms with Crippen LogP contribution in [0.2, 0.25) is 0 Å². The molecule has 0 atom stereocenters. The van der Waals surface area contributed by atoms with Gasteiger partial charge in [0.05, 0.1) is 0 Å². The molecule has 20 heavy (non-hydrogen) atoms. The molecule has 0 aromatic heterocycles. The monoisotopic (exact) mass is 276 g/mol. The standard InChI is InChI=1S/C20H36/c1-3-5-7-8-9-10-12-14-20-17-15-19(16-18-20)13-11-6-4-2/h7-10,19-20H,3-6,11-18H2,1-2H3/b8-7?,10-9+. The number of unbranched alkanes of at least 4 members (excludes halogenated alkanes) is 3. The second-order valence-electron chi connectivity index (χ2n) is 6.60. The van der Waals surface area contributed by atoms with Crippen LogP contribution in [0.3, 0.4) is 0 Å². The first-order valence-electron chi connectivity index (χ1n) is 9.18. The Morgan fingerprint density at radius 2 is 1.30 bits per heavy atom. The summed E-state index contributed by atoms with van der Waals surface area (Å²) in [6.07, 6.45) is 26.1. The summed E-state index contributed by atoms with van der Waals surface area (Å²) >= 11 is 0. The highest BCUT2D eigenvalue weighted by atomic mass is 14.3. The summed E-state index contributed by atoms with van der Waals surface area (Å²) in [5.74, 6) is 2.08. The fraction of sp³-hybridized carbons (Fsp3) is 0.800.